The molecule has 5 heteroatoms. The fourth-order valence-electron chi connectivity index (χ4n) is 1.78. The number of aliphatic imine (C=N–C) groups is 1. The van der Waals surface area contributed by atoms with Gasteiger partial charge in [0.2, 0.25) is 0 Å². The summed E-state index contributed by atoms with van der Waals surface area (Å²) < 4.78 is 11.2. The number of para-hydroxylation sites is 2. The lowest BCUT2D eigenvalue weighted by molar-refractivity contribution is 0.219. The van der Waals surface area contributed by atoms with Crippen LogP contribution in [-0.4, -0.2) is 38.8 Å². The Bertz CT molecular complexity index is 435. The number of rotatable bonds is 8. The predicted octanol–water partition coefficient (Wildman–Crippen LogP) is 2.43. The van der Waals surface area contributed by atoms with Gasteiger partial charge in [-0.1, -0.05) is 19.1 Å². The summed E-state index contributed by atoms with van der Waals surface area (Å²) in [7, 11) is 1.64. The molecule has 0 amide bonds. The Hall–Kier alpha value is -1.91. The van der Waals surface area contributed by atoms with E-state index in [2.05, 4.69) is 29.5 Å². The lowest BCUT2D eigenvalue weighted by Gasteiger charge is -2.16. The lowest BCUT2D eigenvalue weighted by atomic mass is 10.3. The summed E-state index contributed by atoms with van der Waals surface area (Å²) in [5, 5.41) is 6.49. The van der Waals surface area contributed by atoms with Crippen LogP contribution >= 0.6 is 0 Å². The number of benzene rings is 1. The van der Waals surface area contributed by atoms with Crippen molar-refractivity contribution in [2.75, 3.05) is 26.7 Å². The van der Waals surface area contributed by atoms with Gasteiger partial charge >= 0.3 is 0 Å². The predicted molar refractivity (Wildman–Crippen MR) is 87.4 cm³/mol. The highest BCUT2D eigenvalue weighted by atomic mass is 16.5. The first-order valence-electron chi connectivity index (χ1n) is 7.53. The molecular formula is C16H27N3O2. The quantitative estimate of drug-likeness (QED) is 0.571. The van der Waals surface area contributed by atoms with Crippen LogP contribution in [0.15, 0.2) is 29.3 Å². The van der Waals surface area contributed by atoms with E-state index in [-0.39, 0.29) is 6.10 Å². The van der Waals surface area contributed by atoms with E-state index in [0.717, 1.165) is 37.0 Å². The Morgan fingerprint density at radius 3 is 2.52 bits per heavy atom. The Labute approximate surface area is 127 Å². The molecule has 0 saturated heterocycles. The minimum Gasteiger partial charge on any atom is -0.493 e. The summed E-state index contributed by atoms with van der Waals surface area (Å²) in [6.07, 6.45) is 1.04. The zero-order valence-corrected chi connectivity index (χ0v) is 13.5. The van der Waals surface area contributed by atoms with Gasteiger partial charge < -0.3 is 20.1 Å². The van der Waals surface area contributed by atoms with Crippen molar-refractivity contribution >= 4 is 5.96 Å². The summed E-state index contributed by atoms with van der Waals surface area (Å²) in [5.74, 6) is 2.31. The highest BCUT2D eigenvalue weighted by Crippen LogP contribution is 2.26. The molecule has 0 aliphatic carbocycles. The van der Waals surface area contributed by atoms with E-state index >= 15 is 0 Å². The van der Waals surface area contributed by atoms with Crippen LogP contribution in [-0.2, 0) is 0 Å². The van der Waals surface area contributed by atoms with Crippen molar-refractivity contribution in [3.63, 3.8) is 0 Å². The number of methoxy groups -OCH3 is 1. The van der Waals surface area contributed by atoms with Crippen LogP contribution in [0, 0.1) is 0 Å². The minimum absolute atomic E-state index is 0.0293. The fraction of sp³-hybridized carbons (Fsp3) is 0.562. The molecular weight excluding hydrogens is 266 g/mol. The third-order valence-corrected chi connectivity index (χ3v) is 2.79. The molecule has 0 aliphatic rings. The Kier molecular flexibility index (Phi) is 8.09. The number of nitrogens with zero attached hydrogens (tertiary/aromatic N) is 1. The van der Waals surface area contributed by atoms with Crippen LogP contribution in [0.5, 0.6) is 11.5 Å². The molecule has 5 nitrogen and oxygen atoms in total. The topological polar surface area (TPSA) is 54.9 Å². The third-order valence-electron chi connectivity index (χ3n) is 2.79. The van der Waals surface area contributed by atoms with Crippen molar-refractivity contribution in [3.8, 4) is 11.5 Å². The fourth-order valence-corrected chi connectivity index (χ4v) is 1.78. The van der Waals surface area contributed by atoms with Crippen molar-refractivity contribution in [2.24, 2.45) is 4.99 Å². The zero-order chi connectivity index (χ0) is 15.5. The van der Waals surface area contributed by atoms with Gasteiger partial charge in [0.25, 0.3) is 0 Å². The van der Waals surface area contributed by atoms with Crippen LogP contribution in [0.25, 0.3) is 0 Å². The number of nitrogens with one attached hydrogen (secondary N) is 2. The average molecular weight is 293 g/mol. The molecule has 0 saturated carbocycles. The molecule has 1 atom stereocenters. The molecule has 1 aromatic rings. The van der Waals surface area contributed by atoms with E-state index in [1.807, 2.05) is 31.2 Å². The van der Waals surface area contributed by atoms with Gasteiger partial charge in [-0.25, -0.2) is 4.99 Å². The van der Waals surface area contributed by atoms with Crippen LogP contribution < -0.4 is 20.1 Å². The summed E-state index contributed by atoms with van der Waals surface area (Å²) >= 11 is 0. The molecule has 21 heavy (non-hydrogen) atoms. The monoisotopic (exact) mass is 293 g/mol. The highest BCUT2D eigenvalue weighted by molar-refractivity contribution is 5.79. The maximum Gasteiger partial charge on any atom is 0.191 e. The zero-order valence-electron chi connectivity index (χ0n) is 13.5. The second kappa shape index (κ2) is 9.91. The van der Waals surface area contributed by atoms with Crippen molar-refractivity contribution in [1.82, 2.24) is 10.6 Å². The van der Waals surface area contributed by atoms with Crippen LogP contribution in [0.1, 0.15) is 27.2 Å². The van der Waals surface area contributed by atoms with Crippen molar-refractivity contribution in [3.05, 3.63) is 24.3 Å². The van der Waals surface area contributed by atoms with E-state index in [4.69, 9.17) is 9.47 Å². The van der Waals surface area contributed by atoms with Gasteiger partial charge in [-0.15, -0.1) is 0 Å². The Balaban J connectivity index is 2.56. The van der Waals surface area contributed by atoms with Crippen LogP contribution in [0.3, 0.4) is 0 Å². The van der Waals surface area contributed by atoms with Gasteiger partial charge in [0, 0.05) is 13.1 Å². The lowest BCUT2D eigenvalue weighted by Crippen LogP contribution is -2.38. The molecule has 1 unspecified atom stereocenters. The SMILES string of the molecule is CCCNC(=NCC(C)Oc1ccccc1OC)NCC. The highest BCUT2D eigenvalue weighted by Gasteiger charge is 2.08. The molecule has 0 aliphatic heterocycles. The molecule has 2 N–H and O–H groups in total. The van der Waals surface area contributed by atoms with E-state index in [1.165, 1.54) is 0 Å². The van der Waals surface area contributed by atoms with Gasteiger partial charge in [-0.2, -0.15) is 0 Å². The number of guanidine groups is 1. The van der Waals surface area contributed by atoms with E-state index in [1.54, 1.807) is 7.11 Å². The van der Waals surface area contributed by atoms with E-state index in [0.29, 0.717) is 6.54 Å². The molecule has 118 valence electrons. The Morgan fingerprint density at radius 1 is 1.19 bits per heavy atom. The molecule has 0 aromatic heterocycles. The molecule has 1 aromatic carbocycles. The number of ether oxygens (including phenoxy) is 2. The summed E-state index contributed by atoms with van der Waals surface area (Å²) in [5.41, 5.74) is 0. The minimum atomic E-state index is -0.0293. The number of hydrogen-bond acceptors (Lipinski definition) is 3. The van der Waals surface area contributed by atoms with Gasteiger partial charge in [0.15, 0.2) is 17.5 Å². The van der Waals surface area contributed by atoms with Gasteiger partial charge in [0.1, 0.15) is 6.10 Å². The molecule has 0 radical (unpaired) electrons. The van der Waals surface area contributed by atoms with Crippen molar-refractivity contribution in [2.45, 2.75) is 33.3 Å². The summed E-state index contributed by atoms with van der Waals surface area (Å²) in [4.78, 5) is 4.53. The second-order valence-corrected chi connectivity index (χ2v) is 4.73. The standard InChI is InChI=1S/C16H27N3O2/c1-5-11-18-16(17-6-2)19-12-13(3)21-15-10-8-7-9-14(15)20-4/h7-10,13H,5-6,11-12H2,1-4H3,(H2,17,18,19). The summed E-state index contributed by atoms with van der Waals surface area (Å²) in [6.45, 7) is 8.52. The van der Waals surface area contributed by atoms with E-state index < -0.39 is 0 Å². The Morgan fingerprint density at radius 2 is 1.90 bits per heavy atom. The third kappa shape index (κ3) is 6.38. The van der Waals surface area contributed by atoms with Gasteiger partial charge in [0.05, 0.1) is 13.7 Å². The molecule has 1 rings (SSSR count). The van der Waals surface area contributed by atoms with Crippen molar-refractivity contribution < 1.29 is 9.47 Å². The smallest absolute Gasteiger partial charge is 0.191 e. The first-order valence-corrected chi connectivity index (χ1v) is 7.53. The maximum atomic E-state index is 5.88. The van der Waals surface area contributed by atoms with Crippen molar-refractivity contribution in [1.29, 1.82) is 0 Å². The van der Waals surface area contributed by atoms with Gasteiger partial charge in [-0.05, 0) is 32.4 Å². The van der Waals surface area contributed by atoms with Gasteiger partial charge in [-0.3, -0.25) is 0 Å². The molecule has 0 fully saturated rings. The average Bonchev–Trinajstić information content (AvgIpc) is 2.50. The molecule has 0 spiro atoms. The largest absolute Gasteiger partial charge is 0.493 e. The molecule has 0 bridgehead atoms. The normalized spacial score (nSPS) is 12.7. The van der Waals surface area contributed by atoms with E-state index in [9.17, 15) is 0 Å². The molecule has 0 heterocycles. The van der Waals surface area contributed by atoms with Crippen LogP contribution in [0.4, 0.5) is 0 Å². The number of hydrogen-bond donors (Lipinski definition) is 2. The first kappa shape index (κ1) is 17.1. The summed E-state index contributed by atoms with van der Waals surface area (Å²) in [6, 6.07) is 7.64. The second-order valence-electron chi connectivity index (χ2n) is 4.73. The maximum absolute atomic E-state index is 5.88. The first-order chi connectivity index (χ1) is 10.2. The van der Waals surface area contributed by atoms with Crippen LogP contribution in [0.2, 0.25) is 0 Å².